The van der Waals surface area contributed by atoms with E-state index >= 15 is 0 Å². The molecule has 0 fully saturated rings. The molecule has 1 aliphatic heterocycles. The summed E-state index contributed by atoms with van der Waals surface area (Å²) in [4.78, 5) is 27.1. The number of aromatic nitrogens is 1. The number of thiazole rings is 1. The first-order valence-corrected chi connectivity index (χ1v) is 7.64. The molecule has 0 spiro atoms. The molecule has 1 N–H and O–H groups in total. The third kappa shape index (κ3) is 3.25. The number of carbonyl (C=O) groups is 2. The second-order valence-corrected chi connectivity index (χ2v) is 5.69. The van der Waals surface area contributed by atoms with Crippen molar-refractivity contribution in [2.75, 3.05) is 12.1 Å². The predicted octanol–water partition coefficient (Wildman–Crippen LogP) is 2.65. The molecule has 0 radical (unpaired) electrons. The highest BCUT2D eigenvalue weighted by Crippen LogP contribution is 2.32. The average molecular weight is 318 g/mol. The van der Waals surface area contributed by atoms with E-state index in [9.17, 15) is 9.59 Å². The first-order valence-electron chi connectivity index (χ1n) is 6.76. The fraction of sp³-hybridized carbons (Fsp3) is 0.267. The molecular formula is C15H14N2O4S. The highest BCUT2D eigenvalue weighted by Gasteiger charge is 2.14. The third-order valence-corrected chi connectivity index (χ3v) is 3.95. The molecule has 114 valence electrons. The standard InChI is InChI=1S/C15H14N2O4S/c1-9(18)11-7-22-15(16-11)17-14(19)5-3-10-2-4-12-13(6-10)21-8-20-12/h2,4,6-7H,3,5,8H2,1H3,(H,16,17,19). The number of carbonyl (C=O) groups excluding carboxylic acids is 2. The minimum atomic E-state index is -0.137. The van der Waals surface area contributed by atoms with E-state index in [1.807, 2.05) is 18.2 Å². The molecule has 0 unspecified atom stereocenters. The largest absolute Gasteiger partial charge is 0.454 e. The van der Waals surface area contributed by atoms with Crippen molar-refractivity contribution >= 4 is 28.2 Å². The fourth-order valence-electron chi connectivity index (χ4n) is 2.03. The van der Waals surface area contributed by atoms with Gasteiger partial charge in [0, 0.05) is 18.7 Å². The number of benzene rings is 1. The maximum absolute atomic E-state index is 11.9. The summed E-state index contributed by atoms with van der Waals surface area (Å²) in [6.45, 7) is 1.68. The Morgan fingerprint density at radius 2 is 2.14 bits per heavy atom. The van der Waals surface area contributed by atoms with Crippen LogP contribution in [0.1, 0.15) is 29.4 Å². The first kappa shape index (κ1) is 14.5. The molecule has 6 nitrogen and oxygen atoms in total. The Morgan fingerprint density at radius 1 is 1.32 bits per heavy atom. The normalized spacial score (nSPS) is 12.2. The molecule has 0 saturated carbocycles. The van der Waals surface area contributed by atoms with Gasteiger partial charge in [-0.1, -0.05) is 6.07 Å². The zero-order valence-corrected chi connectivity index (χ0v) is 12.7. The summed E-state index contributed by atoms with van der Waals surface area (Å²) in [5, 5.41) is 4.78. The second kappa shape index (κ2) is 6.15. The molecular weight excluding hydrogens is 304 g/mol. The van der Waals surface area contributed by atoms with Gasteiger partial charge in [0.2, 0.25) is 12.7 Å². The lowest BCUT2D eigenvalue weighted by Crippen LogP contribution is -2.12. The van der Waals surface area contributed by atoms with Crippen molar-refractivity contribution in [2.45, 2.75) is 19.8 Å². The average Bonchev–Trinajstić information content (AvgIpc) is 3.13. The molecule has 1 amide bonds. The molecule has 1 aliphatic rings. The van der Waals surface area contributed by atoms with Crippen molar-refractivity contribution in [3.63, 3.8) is 0 Å². The minimum Gasteiger partial charge on any atom is -0.454 e. The molecule has 0 aliphatic carbocycles. The van der Waals surface area contributed by atoms with E-state index in [-0.39, 0.29) is 18.5 Å². The number of hydrogen-bond acceptors (Lipinski definition) is 6. The summed E-state index contributed by atoms with van der Waals surface area (Å²) in [7, 11) is 0. The monoisotopic (exact) mass is 318 g/mol. The Labute approximate surface area is 131 Å². The van der Waals surface area contributed by atoms with Gasteiger partial charge in [0.15, 0.2) is 22.4 Å². The summed E-state index contributed by atoms with van der Waals surface area (Å²) >= 11 is 1.24. The smallest absolute Gasteiger partial charge is 0.231 e. The van der Waals surface area contributed by atoms with E-state index in [1.165, 1.54) is 18.3 Å². The number of Topliss-reactive ketones (excluding diaryl/α,β-unsaturated/α-hetero) is 1. The van der Waals surface area contributed by atoms with Crippen molar-refractivity contribution in [1.29, 1.82) is 0 Å². The van der Waals surface area contributed by atoms with Gasteiger partial charge in [-0.05, 0) is 24.1 Å². The van der Waals surface area contributed by atoms with Crippen LogP contribution in [-0.2, 0) is 11.2 Å². The van der Waals surface area contributed by atoms with Crippen molar-refractivity contribution in [3.05, 3.63) is 34.8 Å². The Balaban J connectivity index is 1.54. The number of nitrogens with one attached hydrogen (secondary N) is 1. The van der Waals surface area contributed by atoms with Crippen molar-refractivity contribution in [1.82, 2.24) is 4.98 Å². The van der Waals surface area contributed by atoms with Crippen LogP contribution in [0.25, 0.3) is 0 Å². The molecule has 3 rings (SSSR count). The topological polar surface area (TPSA) is 77.5 Å². The van der Waals surface area contributed by atoms with Gasteiger partial charge in [0.25, 0.3) is 0 Å². The van der Waals surface area contributed by atoms with Crippen LogP contribution in [0, 0.1) is 0 Å². The molecule has 0 bridgehead atoms. The summed E-state index contributed by atoms with van der Waals surface area (Å²) in [6.07, 6.45) is 0.919. The predicted molar refractivity (Wildman–Crippen MR) is 81.6 cm³/mol. The van der Waals surface area contributed by atoms with E-state index in [1.54, 1.807) is 5.38 Å². The zero-order valence-electron chi connectivity index (χ0n) is 11.9. The van der Waals surface area contributed by atoms with Gasteiger partial charge >= 0.3 is 0 Å². The van der Waals surface area contributed by atoms with Crippen LogP contribution in [0.3, 0.4) is 0 Å². The summed E-state index contributed by atoms with van der Waals surface area (Å²) < 4.78 is 10.5. The molecule has 2 aromatic rings. The molecule has 22 heavy (non-hydrogen) atoms. The zero-order chi connectivity index (χ0) is 15.5. The fourth-order valence-corrected chi connectivity index (χ4v) is 2.79. The van der Waals surface area contributed by atoms with Crippen LogP contribution < -0.4 is 14.8 Å². The van der Waals surface area contributed by atoms with Crippen LogP contribution in [0.5, 0.6) is 11.5 Å². The van der Waals surface area contributed by atoms with E-state index in [0.717, 1.165) is 11.3 Å². The number of fused-ring (bicyclic) bond motifs is 1. The van der Waals surface area contributed by atoms with Gasteiger partial charge < -0.3 is 14.8 Å². The lowest BCUT2D eigenvalue weighted by molar-refractivity contribution is -0.116. The first-order chi connectivity index (χ1) is 10.6. The molecule has 1 aromatic carbocycles. The van der Waals surface area contributed by atoms with E-state index in [4.69, 9.17) is 9.47 Å². The molecule has 7 heteroatoms. The highest BCUT2D eigenvalue weighted by atomic mass is 32.1. The van der Waals surface area contributed by atoms with Gasteiger partial charge in [0.1, 0.15) is 5.69 Å². The lowest BCUT2D eigenvalue weighted by Gasteiger charge is -2.03. The van der Waals surface area contributed by atoms with Gasteiger partial charge in [-0.25, -0.2) is 4.98 Å². The molecule has 2 heterocycles. The quantitative estimate of drug-likeness (QED) is 0.858. The minimum absolute atomic E-state index is 0.114. The van der Waals surface area contributed by atoms with Crippen molar-refractivity contribution in [2.24, 2.45) is 0 Å². The summed E-state index contributed by atoms with van der Waals surface area (Å²) in [5.41, 5.74) is 1.37. The second-order valence-electron chi connectivity index (χ2n) is 4.83. The number of rotatable bonds is 5. The van der Waals surface area contributed by atoms with Crippen LogP contribution in [0.15, 0.2) is 23.6 Å². The Bertz CT molecular complexity index is 726. The van der Waals surface area contributed by atoms with Crippen LogP contribution in [0.4, 0.5) is 5.13 Å². The van der Waals surface area contributed by atoms with E-state index in [0.29, 0.717) is 29.4 Å². The Hall–Kier alpha value is -2.41. The third-order valence-electron chi connectivity index (χ3n) is 3.19. The van der Waals surface area contributed by atoms with Crippen LogP contribution in [0.2, 0.25) is 0 Å². The molecule has 0 saturated heterocycles. The number of anilines is 1. The van der Waals surface area contributed by atoms with Gasteiger partial charge in [-0.3, -0.25) is 9.59 Å². The van der Waals surface area contributed by atoms with Gasteiger partial charge in [-0.2, -0.15) is 0 Å². The maximum Gasteiger partial charge on any atom is 0.231 e. The molecule has 0 atom stereocenters. The number of nitrogens with zero attached hydrogens (tertiary/aromatic N) is 1. The van der Waals surface area contributed by atoms with Crippen LogP contribution in [-0.4, -0.2) is 23.5 Å². The maximum atomic E-state index is 11.9. The number of aryl methyl sites for hydroxylation is 1. The number of amides is 1. The summed E-state index contributed by atoms with van der Waals surface area (Å²) in [5.74, 6) is 1.19. The van der Waals surface area contributed by atoms with E-state index in [2.05, 4.69) is 10.3 Å². The number of ether oxygens (including phenoxy) is 2. The van der Waals surface area contributed by atoms with Crippen molar-refractivity contribution in [3.8, 4) is 11.5 Å². The van der Waals surface area contributed by atoms with Gasteiger partial charge in [0.05, 0.1) is 0 Å². The molecule has 1 aromatic heterocycles. The number of hydrogen-bond donors (Lipinski definition) is 1. The Morgan fingerprint density at radius 3 is 2.91 bits per heavy atom. The van der Waals surface area contributed by atoms with Crippen LogP contribution >= 0.6 is 11.3 Å². The van der Waals surface area contributed by atoms with E-state index < -0.39 is 0 Å². The Kier molecular flexibility index (Phi) is 4.06. The lowest BCUT2D eigenvalue weighted by atomic mass is 10.1. The highest BCUT2D eigenvalue weighted by molar-refractivity contribution is 7.14. The summed E-state index contributed by atoms with van der Waals surface area (Å²) in [6, 6.07) is 5.64. The number of ketones is 1. The SMILES string of the molecule is CC(=O)c1csc(NC(=O)CCc2ccc3c(c2)OCO3)n1. The van der Waals surface area contributed by atoms with Crippen molar-refractivity contribution < 1.29 is 19.1 Å². The van der Waals surface area contributed by atoms with Gasteiger partial charge in [-0.15, -0.1) is 11.3 Å².